The highest BCUT2D eigenvalue weighted by atomic mass is 16.5. The summed E-state index contributed by atoms with van der Waals surface area (Å²) in [5, 5.41) is 7.47. The fourth-order valence-electron chi connectivity index (χ4n) is 3.94. The van der Waals surface area contributed by atoms with Gasteiger partial charge in [-0.15, -0.1) is 0 Å². The van der Waals surface area contributed by atoms with Gasteiger partial charge in [0.05, 0.1) is 12.2 Å². The van der Waals surface area contributed by atoms with Crippen molar-refractivity contribution >= 4 is 11.8 Å². The first-order valence-electron chi connectivity index (χ1n) is 10.7. The van der Waals surface area contributed by atoms with Crippen LogP contribution < -0.4 is 10.2 Å². The van der Waals surface area contributed by atoms with Crippen molar-refractivity contribution in [2.75, 3.05) is 50.7 Å². The third-order valence-corrected chi connectivity index (χ3v) is 5.53. The smallest absolute Gasteiger partial charge is 0.194 e. The third-order valence-electron chi connectivity index (χ3n) is 5.53. The minimum absolute atomic E-state index is 0.671. The zero-order valence-electron chi connectivity index (χ0n) is 17.3. The number of nitrogens with one attached hydrogen (secondary N) is 1. The fourth-order valence-corrected chi connectivity index (χ4v) is 3.94. The summed E-state index contributed by atoms with van der Waals surface area (Å²) in [5.74, 6) is 2.08. The second kappa shape index (κ2) is 9.73. The number of nitrogens with zero attached hydrogens (tertiary/aromatic N) is 6. The molecule has 2 saturated heterocycles. The molecule has 2 aliphatic rings. The highest BCUT2D eigenvalue weighted by molar-refractivity contribution is 5.80. The molecule has 0 unspecified atom stereocenters. The van der Waals surface area contributed by atoms with Gasteiger partial charge in [-0.1, -0.05) is 5.16 Å². The number of piperazine rings is 1. The number of hydrogen-bond acceptors (Lipinski definition) is 6. The summed E-state index contributed by atoms with van der Waals surface area (Å²) in [6, 6.07) is 6.19. The Balaban J connectivity index is 1.35. The van der Waals surface area contributed by atoms with Crippen LogP contribution in [0.1, 0.15) is 31.0 Å². The van der Waals surface area contributed by atoms with E-state index in [0.29, 0.717) is 6.54 Å². The van der Waals surface area contributed by atoms with E-state index < -0.39 is 0 Å². The number of rotatable bonds is 6. The Hall–Kier alpha value is -2.61. The zero-order chi connectivity index (χ0) is 19.9. The van der Waals surface area contributed by atoms with Gasteiger partial charge in [0, 0.05) is 64.6 Å². The summed E-state index contributed by atoms with van der Waals surface area (Å²) in [6.45, 7) is 10.6. The number of hydrogen-bond donors (Lipinski definition) is 1. The molecule has 8 nitrogen and oxygen atoms in total. The maximum absolute atomic E-state index is 4.94. The molecule has 4 rings (SSSR count). The van der Waals surface area contributed by atoms with Gasteiger partial charge < -0.3 is 19.6 Å². The fraction of sp³-hybridized carbons (Fsp3) is 0.571. The van der Waals surface area contributed by atoms with Gasteiger partial charge in [0.15, 0.2) is 5.96 Å². The zero-order valence-corrected chi connectivity index (χ0v) is 17.3. The molecule has 0 bridgehead atoms. The molecule has 2 fully saturated rings. The normalized spacial score (nSPS) is 18.4. The van der Waals surface area contributed by atoms with Gasteiger partial charge in [0.25, 0.3) is 0 Å². The van der Waals surface area contributed by atoms with Crippen LogP contribution in [-0.4, -0.2) is 71.7 Å². The van der Waals surface area contributed by atoms with Crippen LogP contribution in [0.4, 0.5) is 5.82 Å². The minimum Gasteiger partial charge on any atom is -0.364 e. The molecule has 0 spiro atoms. The van der Waals surface area contributed by atoms with Crippen LogP contribution in [-0.2, 0) is 13.1 Å². The van der Waals surface area contributed by atoms with E-state index in [1.807, 2.05) is 12.3 Å². The number of aromatic nitrogens is 2. The van der Waals surface area contributed by atoms with E-state index in [2.05, 4.69) is 49.2 Å². The monoisotopic (exact) mass is 397 g/mol. The molecule has 0 aromatic carbocycles. The Morgan fingerprint density at radius 1 is 1.14 bits per heavy atom. The van der Waals surface area contributed by atoms with Gasteiger partial charge >= 0.3 is 0 Å². The van der Waals surface area contributed by atoms with Crippen molar-refractivity contribution in [3.8, 4) is 0 Å². The van der Waals surface area contributed by atoms with Crippen molar-refractivity contribution in [3.63, 3.8) is 0 Å². The topological polar surface area (TPSA) is 73.0 Å². The molecule has 2 aromatic heterocycles. The second-order valence-corrected chi connectivity index (χ2v) is 7.64. The largest absolute Gasteiger partial charge is 0.364 e. The maximum atomic E-state index is 4.94. The lowest BCUT2D eigenvalue weighted by Gasteiger charge is -2.36. The molecule has 2 aliphatic heterocycles. The number of guanidine groups is 1. The number of anilines is 1. The predicted molar refractivity (Wildman–Crippen MR) is 114 cm³/mol. The Labute approximate surface area is 172 Å². The van der Waals surface area contributed by atoms with Crippen LogP contribution >= 0.6 is 0 Å². The van der Waals surface area contributed by atoms with Crippen LogP contribution in [0.3, 0.4) is 0 Å². The molecular weight excluding hydrogens is 366 g/mol. The van der Waals surface area contributed by atoms with Crippen molar-refractivity contribution in [1.29, 1.82) is 0 Å². The lowest BCUT2D eigenvalue weighted by atomic mass is 10.2. The molecular formula is C21H31N7O. The first kappa shape index (κ1) is 19.7. The summed E-state index contributed by atoms with van der Waals surface area (Å²) in [5.41, 5.74) is 2.20. The summed E-state index contributed by atoms with van der Waals surface area (Å²) in [6.07, 6.45) is 6.07. The van der Waals surface area contributed by atoms with E-state index in [0.717, 1.165) is 69.8 Å². The third kappa shape index (κ3) is 5.26. The molecule has 0 radical (unpaired) electrons. The molecule has 156 valence electrons. The van der Waals surface area contributed by atoms with Crippen LogP contribution in [0.2, 0.25) is 0 Å². The summed E-state index contributed by atoms with van der Waals surface area (Å²) >= 11 is 0. The van der Waals surface area contributed by atoms with Crippen LogP contribution in [0.15, 0.2) is 40.2 Å². The van der Waals surface area contributed by atoms with Gasteiger partial charge in [-0.05, 0) is 37.5 Å². The molecule has 29 heavy (non-hydrogen) atoms. The van der Waals surface area contributed by atoms with E-state index in [1.54, 1.807) is 6.26 Å². The lowest BCUT2D eigenvalue weighted by molar-refractivity contribution is 0.169. The van der Waals surface area contributed by atoms with Gasteiger partial charge in [0.2, 0.25) is 0 Å². The van der Waals surface area contributed by atoms with Gasteiger partial charge in [-0.3, -0.25) is 4.90 Å². The van der Waals surface area contributed by atoms with E-state index in [1.165, 1.54) is 18.4 Å². The lowest BCUT2D eigenvalue weighted by Crippen LogP contribution is -2.52. The molecule has 2 aromatic rings. The van der Waals surface area contributed by atoms with Crippen molar-refractivity contribution in [1.82, 2.24) is 25.3 Å². The van der Waals surface area contributed by atoms with Crippen LogP contribution in [0, 0.1) is 0 Å². The summed E-state index contributed by atoms with van der Waals surface area (Å²) in [7, 11) is 0. The Kier molecular flexibility index (Phi) is 6.61. The van der Waals surface area contributed by atoms with Gasteiger partial charge in [0.1, 0.15) is 12.1 Å². The Morgan fingerprint density at radius 2 is 1.97 bits per heavy atom. The highest BCUT2D eigenvalue weighted by Crippen LogP contribution is 2.19. The highest BCUT2D eigenvalue weighted by Gasteiger charge is 2.20. The molecule has 0 aliphatic carbocycles. The standard InChI is InChI=1S/C21H31N7O/c1-2-22-21(28-12-10-26(11-13-28)17-19-6-14-29-25-19)24-16-18-5-7-23-20(15-18)27-8-3-4-9-27/h5-7,14-15H,2-4,8-13,16-17H2,1H3,(H,22,24). The summed E-state index contributed by atoms with van der Waals surface area (Å²) < 4.78 is 4.94. The quantitative estimate of drug-likeness (QED) is 0.590. The molecule has 0 atom stereocenters. The predicted octanol–water partition coefficient (Wildman–Crippen LogP) is 1.95. The van der Waals surface area contributed by atoms with E-state index in [9.17, 15) is 0 Å². The molecule has 0 amide bonds. The maximum Gasteiger partial charge on any atom is 0.194 e. The van der Waals surface area contributed by atoms with Gasteiger partial charge in [-0.25, -0.2) is 9.98 Å². The van der Waals surface area contributed by atoms with E-state index in [4.69, 9.17) is 9.52 Å². The number of aliphatic imine (C=N–C) groups is 1. The van der Waals surface area contributed by atoms with Crippen molar-refractivity contribution in [3.05, 3.63) is 41.9 Å². The second-order valence-electron chi connectivity index (χ2n) is 7.64. The van der Waals surface area contributed by atoms with Crippen molar-refractivity contribution in [2.24, 2.45) is 4.99 Å². The van der Waals surface area contributed by atoms with Crippen molar-refractivity contribution in [2.45, 2.75) is 32.9 Å². The molecule has 8 heteroatoms. The van der Waals surface area contributed by atoms with Gasteiger partial charge in [-0.2, -0.15) is 0 Å². The van der Waals surface area contributed by atoms with E-state index in [-0.39, 0.29) is 0 Å². The van der Waals surface area contributed by atoms with Crippen LogP contribution in [0.25, 0.3) is 0 Å². The number of pyridine rings is 1. The van der Waals surface area contributed by atoms with E-state index >= 15 is 0 Å². The Bertz CT molecular complexity index is 778. The van der Waals surface area contributed by atoms with Crippen LogP contribution in [0.5, 0.6) is 0 Å². The molecule has 4 heterocycles. The minimum atomic E-state index is 0.671. The summed E-state index contributed by atoms with van der Waals surface area (Å²) in [4.78, 5) is 16.6. The van der Waals surface area contributed by atoms with Crippen molar-refractivity contribution < 1.29 is 4.52 Å². The first-order valence-corrected chi connectivity index (χ1v) is 10.7. The molecule has 1 N–H and O–H groups in total. The average Bonchev–Trinajstić information content (AvgIpc) is 3.46. The Morgan fingerprint density at radius 3 is 2.69 bits per heavy atom. The molecule has 0 saturated carbocycles. The average molecular weight is 398 g/mol. The SMILES string of the molecule is CCNC(=NCc1ccnc(N2CCCC2)c1)N1CCN(Cc2ccon2)CC1. The first-order chi connectivity index (χ1) is 14.3.